The van der Waals surface area contributed by atoms with E-state index in [1.807, 2.05) is 11.3 Å². The Hall–Kier alpha value is -0.450. The van der Waals surface area contributed by atoms with Crippen LogP contribution in [0.4, 0.5) is 0 Å². The van der Waals surface area contributed by atoms with Gasteiger partial charge >= 0.3 is 0 Å². The molecule has 0 radical (unpaired) electrons. The van der Waals surface area contributed by atoms with Gasteiger partial charge in [0, 0.05) is 30.4 Å². The molecule has 2 saturated heterocycles. The fraction of sp³-hybridized carbons (Fsp3) is 0.786. The first-order valence-electron chi connectivity index (χ1n) is 7.04. The van der Waals surface area contributed by atoms with Crippen molar-refractivity contribution < 1.29 is 0 Å². The van der Waals surface area contributed by atoms with Crippen LogP contribution in [0.25, 0.3) is 0 Å². The highest BCUT2D eigenvalue weighted by molar-refractivity contribution is 7.09. The standard InChI is InChI=1S/C14H23N3S/c1-9(2)14-16-12(8-18-14)7-17-6-11-4-15-5-13(11)10(17)3/h8-11,13,15H,4-7H2,1-3H3. The average molecular weight is 265 g/mol. The molecule has 0 bridgehead atoms. The lowest BCUT2D eigenvalue weighted by Crippen LogP contribution is -2.32. The van der Waals surface area contributed by atoms with Gasteiger partial charge in [-0.3, -0.25) is 4.90 Å². The van der Waals surface area contributed by atoms with Gasteiger partial charge in [-0.1, -0.05) is 13.8 Å². The number of nitrogens with zero attached hydrogens (tertiary/aromatic N) is 2. The first kappa shape index (κ1) is 12.6. The Balaban J connectivity index is 1.66. The lowest BCUT2D eigenvalue weighted by molar-refractivity contribution is 0.229. The van der Waals surface area contributed by atoms with Gasteiger partial charge < -0.3 is 5.32 Å². The van der Waals surface area contributed by atoms with Crippen molar-refractivity contribution in [3.8, 4) is 0 Å². The van der Waals surface area contributed by atoms with Crippen LogP contribution in [0.5, 0.6) is 0 Å². The highest BCUT2D eigenvalue weighted by Crippen LogP contribution is 2.33. The second-order valence-electron chi connectivity index (χ2n) is 6.08. The molecule has 3 heterocycles. The number of hydrogen-bond donors (Lipinski definition) is 1. The van der Waals surface area contributed by atoms with Crippen LogP contribution in [0, 0.1) is 11.8 Å². The van der Waals surface area contributed by atoms with Crippen molar-refractivity contribution in [2.24, 2.45) is 11.8 Å². The summed E-state index contributed by atoms with van der Waals surface area (Å²) in [5.74, 6) is 2.28. The molecule has 1 aromatic heterocycles. The van der Waals surface area contributed by atoms with Crippen LogP contribution in [-0.2, 0) is 6.54 Å². The van der Waals surface area contributed by atoms with Crippen LogP contribution in [0.1, 0.15) is 37.4 Å². The molecule has 3 nitrogen and oxygen atoms in total. The van der Waals surface area contributed by atoms with Crippen molar-refractivity contribution in [2.45, 2.75) is 39.3 Å². The summed E-state index contributed by atoms with van der Waals surface area (Å²) in [7, 11) is 0. The van der Waals surface area contributed by atoms with Gasteiger partial charge in [-0.2, -0.15) is 0 Å². The van der Waals surface area contributed by atoms with Gasteiger partial charge in [0.2, 0.25) is 0 Å². The largest absolute Gasteiger partial charge is 0.316 e. The van der Waals surface area contributed by atoms with E-state index in [9.17, 15) is 0 Å². The maximum atomic E-state index is 4.76. The highest BCUT2D eigenvalue weighted by atomic mass is 32.1. The van der Waals surface area contributed by atoms with Gasteiger partial charge in [0.1, 0.15) is 0 Å². The van der Waals surface area contributed by atoms with Crippen molar-refractivity contribution in [1.82, 2.24) is 15.2 Å². The van der Waals surface area contributed by atoms with Crippen molar-refractivity contribution >= 4 is 11.3 Å². The highest BCUT2D eigenvalue weighted by Gasteiger charge is 2.41. The number of fused-ring (bicyclic) bond motifs is 1. The Labute approximate surface area is 114 Å². The van der Waals surface area contributed by atoms with Crippen molar-refractivity contribution in [1.29, 1.82) is 0 Å². The molecule has 0 amide bonds. The third-order valence-electron chi connectivity index (χ3n) is 4.49. The van der Waals surface area contributed by atoms with Crippen LogP contribution < -0.4 is 5.32 Å². The average Bonchev–Trinajstić information content (AvgIpc) is 2.99. The van der Waals surface area contributed by atoms with Crippen LogP contribution in [0.15, 0.2) is 5.38 Å². The zero-order chi connectivity index (χ0) is 12.7. The third kappa shape index (κ3) is 2.22. The molecule has 18 heavy (non-hydrogen) atoms. The smallest absolute Gasteiger partial charge is 0.0954 e. The van der Waals surface area contributed by atoms with E-state index in [-0.39, 0.29) is 0 Å². The zero-order valence-electron chi connectivity index (χ0n) is 11.5. The maximum Gasteiger partial charge on any atom is 0.0954 e. The van der Waals surface area contributed by atoms with E-state index in [0.29, 0.717) is 12.0 Å². The number of hydrogen-bond acceptors (Lipinski definition) is 4. The molecule has 2 aliphatic rings. The van der Waals surface area contributed by atoms with Gasteiger partial charge in [-0.15, -0.1) is 11.3 Å². The molecular weight excluding hydrogens is 242 g/mol. The molecule has 0 spiro atoms. The zero-order valence-corrected chi connectivity index (χ0v) is 12.3. The summed E-state index contributed by atoms with van der Waals surface area (Å²) >= 11 is 1.81. The Morgan fingerprint density at radius 1 is 1.50 bits per heavy atom. The topological polar surface area (TPSA) is 28.2 Å². The molecule has 4 heteroatoms. The van der Waals surface area contributed by atoms with Crippen molar-refractivity contribution in [3.05, 3.63) is 16.1 Å². The monoisotopic (exact) mass is 265 g/mol. The first-order valence-corrected chi connectivity index (χ1v) is 7.92. The second-order valence-corrected chi connectivity index (χ2v) is 6.97. The lowest BCUT2D eigenvalue weighted by Gasteiger charge is -2.23. The summed E-state index contributed by atoms with van der Waals surface area (Å²) in [4.78, 5) is 7.38. The van der Waals surface area contributed by atoms with E-state index in [1.165, 1.54) is 30.3 Å². The second kappa shape index (κ2) is 4.91. The SMILES string of the molecule is CC(C)c1nc(CN2CC3CNCC3C2C)cs1. The maximum absolute atomic E-state index is 4.76. The predicted octanol–water partition coefficient (Wildman–Crippen LogP) is 2.31. The van der Waals surface area contributed by atoms with Crippen LogP contribution in [0.3, 0.4) is 0 Å². The van der Waals surface area contributed by atoms with E-state index in [0.717, 1.165) is 18.4 Å². The van der Waals surface area contributed by atoms with Crippen molar-refractivity contribution in [3.63, 3.8) is 0 Å². The fourth-order valence-corrected chi connectivity index (χ4v) is 4.16. The number of nitrogens with one attached hydrogen (secondary N) is 1. The third-order valence-corrected chi connectivity index (χ3v) is 5.68. The molecular formula is C14H23N3S. The van der Waals surface area contributed by atoms with E-state index < -0.39 is 0 Å². The van der Waals surface area contributed by atoms with Gasteiger partial charge in [0.15, 0.2) is 0 Å². The Morgan fingerprint density at radius 3 is 3.00 bits per heavy atom. The summed E-state index contributed by atoms with van der Waals surface area (Å²) in [6, 6.07) is 0.703. The molecule has 1 N–H and O–H groups in total. The molecule has 1 aromatic rings. The Morgan fingerprint density at radius 2 is 2.33 bits per heavy atom. The van der Waals surface area contributed by atoms with Crippen LogP contribution >= 0.6 is 11.3 Å². The quantitative estimate of drug-likeness (QED) is 0.909. The molecule has 0 aromatic carbocycles. The number of rotatable bonds is 3. The Bertz CT molecular complexity index is 415. The fourth-order valence-electron chi connectivity index (χ4n) is 3.33. The normalized spacial score (nSPS) is 32.3. The van der Waals surface area contributed by atoms with E-state index >= 15 is 0 Å². The number of thiazole rings is 1. The minimum Gasteiger partial charge on any atom is -0.316 e. The van der Waals surface area contributed by atoms with E-state index in [4.69, 9.17) is 4.98 Å². The molecule has 100 valence electrons. The lowest BCUT2D eigenvalue weighted by atomic mass is 9.95. The predicted molar refractivity (Wildman–Crippen MR) is 75.9 cm³/mol. The molecule has 3 unspecified atom stereocenters. The van der Waals surface area contributed by atoms with Gasteiger partial charge in [-0.25, -0.2) is 4.98 Å². The van der Waals surface area contributed by atoms with Crippen molar-refractivity contribution in [2.75, 3.05) is 19.6 Å². The molecule has 3 rings (SSSR count). The van der Waals surface area contributed by atoms with Gasteiger partial charge in [-0.05, 0) is 31.8 Å². The van der Waals surface area contributed by atoms with Crippen LogP contribution in [-0.4, -0.2) is 35.6 Å². The minimum atomic E-state index is 0.559. The molecule has 2 aliphatic heterocycles. The minimum absolute atomic E-state index is 0.559. The number of likely N-dealkylation sites (tertiary alicyclic amines) is 1. The molecule has 2 fully saturated rings. The van der Waals surface area contributed by atoms with Gasteiger partial charge in [0.25, 0.3) is 0 Å². The molecule has 0 aliphatic carbocycles. The molecule has 3 atom stereocenters. The first-order chi connectivity index (χ1) is 8.65. The van der Waals surface area contributed by atoms with Crippen LogP contribution in [0.2, 0.25) is 0 Å². The number of aromatic nitrogens is 1. The summed E-state index contributed by atoms with van der Waals surface area (Å²) in [5, 5.41) is 7.04. The van der Waals surface area contributed by atoms with E-state index in [2.05, 4.69) is 36.4 Å². The summed E-state index contributed by atoms with van der Waals surface area (Å²) in [6.45, 7) is 11.5. The summed E-state index contributed by atoms with van der Waals surface area (Å²) in [6.07, 6.45) is 0. The summed E-state index contributed by atoms with van der Waals surface area (Å²) in [5.41, 5.74) is 1.27. The summed E-state index contributed by atoms with van der Waals surface area (Å²) < 4.78 is 0. The Kier molecular flexibility index (Phi) is 3.43. The molecule has 0 saturated carbocycles. The van der Waals surface area contributed by atoms with E-state index in [1.54, 1.807) is 0 Å². The van der Waals surface area contributed by atoms with Gasteiger partial charge in [0.05, 0.1) is 10.7 Å².